The average molecular weight is 904 g/mol. The second-order valence-corrected chi connectivity index (χ2v) is 20.1. The molecule has 304 valence electrons. The van der Waals surface area contributed by atoms with Gasteiger partial charge in [0.15, 0.2) is 10.3 Å². The summed E-state index contributed by atoms with van der Waals surface area (Å²) in [6, 6.07) is 22.7. The van der Waals surface area contributed by atoms with Crippen molar-refractivity contribution in [3.63, 3.8) is 0 Å². The number of hydrogen-bond acceptors (Lipinski definition) is 10. The molecule has 2 aliphatic heterocycles. The number of rotatable bonds is 8. The Hall–Kier alpha value is -4.00. The Balaban J connectivity index is 0.000000177. The lowest BCUT2D eigenvalue weighted by molar-refractivity contribution is 0.384. The summed E-state index contributed by atoms with van der Waals surface area (Å²) < 4.78 is 81.4. The number of aryl methyl sites for hydroxylation is 2. The Labute approximate surface area is 355 Å². The van der Waals surface area contributed by atoms with Crippen molar-refractivity contribution in [3.8, 4) is 22.5 Å². The van der Waals surface area contributed by atoms with E-state index >= 15 is 0 Å². The molecule has 0 aliphatic carbocycles. The van der Waals surface area contributed by atoms with E-state index in [1.54, 1.807) is 54.6 Å². The highest BCUT2D eigenvalue weighted by Crippen LogP contribution is 2.32. The molecule has 2 saturated heterocycles. The van der Waals surface area contributed by atoms with Crippen LogP contribution in [0.1, 0.15) is 11.1 Å². The molecule has 10 nitrogen and oxygen atoms in total. The molecule has 0 spiro atoms. The van der Waals surface area contributed by atoms with Crippen molar-refractivity contribution in [1.29, 1.82) is 0 Å². The number of aromatic nitrogens is 2. The molecule has 0 radical (unpaired) electrons. The fourth-order valence-corrected chi connectivity index (χ4v) is 11.4. The van der Waals surface area contributed by atoms with Gasteiger partial charge in [-0.3, -0.25) is 0 Å². The molecule has 4 aromatic carbocycles. The van der Waals surface area contributed by atoms with E-state index in [4.69, 9.17) is 23.2 Å². The summed E-state index contributed by atoms with van der Waals surface area (Å²) in [5, 5.41) is 5.74. The summed E-state index contributed by atoms with van der Waals surface area (Å²) in [5.74, 6) is -0.867. The van der Waals surface area contributed by atoms with Crippen LogP contribution in [0, 0.1) is 25.5 Å². The van der Waals surface area contributed by atoms with Crippen molar-refractivity contribution in [2.75, 3.05) is 62.2 Å². The predicted octanol–water partition coefficient (Wildman–Crippen LogP) is 8.84. The van der Waals surface area contributed by atoms with Crippen LogP contribution in [0.4, 0.5) is 19.0 Å². The van der Waals surface area contributed by atoms with E-state index in [0.29, 0.717) is 78.4 Å². The summed E-state index contributed by atoms with van der Waals surface area (Å²) in [7, 11) is -6.99. The molecule has 2 aliphatic rings. The maximum atomic E-state index is 13.6. The smallest absolute Gasteiger partial charge is 0.243 e. The molecule has 0 amide bonds. The van der Waals surface area contributed by atoms with Crippen LogP contribution in [-0.4, -0.2) is 87.8 Å². The summed E-state index contributed by atoms with van der Waals surface area (Å²) in [5.41, 5.74) is 4.80. The first-order valence-corrected chi connectivity index (χ1v) is 23.5. The largest absolute Gasteiger partial charge is 0.345 e. The first-order valence-electron chi connectivity index (χ1n) is 18.1. The highest BCUT2D eigenvalue weighted by atomic mass is 35.5. The minimum atomic E-state index is -3.50. The maximum Gasteiger partial charge on any atom is 0.243 e. The number of thiazole rings is 2. The first kappa shape index (κ1) is 42.1. The number of piperazine rings is 2. The van der Waals surface area contributed by atoms with Gasteiger partial charge in [0.25, 0.3) is 0 Å². The molecule has 18 heteroatoms. The average Bonchev–Trinajstić information content (AvgIpc) is 3.91. The lowest BCUT2D eigenvalue weighted by atomic mass is 10.2. The SMILES string of the molecule is Cc1ccc(S(=O)(=O)N2CCN(c3nc(-c4cc(F)cc(Cl)c4)cs3)CC2)cc1.Cc1ccc(S(=O)(=O)N2CCN(c3nc(-c4ccc(F)c(Cl)c4)cs3)CC2)cc1. The lowest BCUT2D eigenvalue weighted by Crippen LogP contribution is -2.48. The van der Waals surface area contributed by atoms with Crippen molar-refractivity contribution in [1.82, 2.24) is 18.6 Å². The van der Waals surface area contributed by atoms with E-state index < -0.39 is 31.7 Å². The van der Waals surface area contributed by atoms with Crippen LogP contribution in [0.3, 0.4) is 0 Å². The second-order valence-electron chi connectivity index (χ2n) is 13.7. The monoisotopic (exact) mass is 902 g/mol. The molecule has 6 aromatic rings. The number of anilines is 2. The minimum absolute atomic E-state index is 0.0620. The van der Waals surface area contributed by atoms with Crippen LogP contribution >= 0.6 is 45.9 Å². The van der Waals surface area contributed by atoms with Gasteiger partial charge in [-0.2, -0.15) is 8.61 Å². The summed E-state index contributed by atoms with van der Waals surface area (Å²) in [6.45, 7) is 7.62. The zero-order chi connectivity index (χ0) is 41.2. The van der Waals surface area contributed by atoms with Crippen LogP contribution in [0.2, 0.25) is 10.0 Å². The van der Waals surface area contributed by atoms with Crippen LogP contribution in [0.5, 0.6) is 0 Å². The molecular weight excluding hydrogens is 866 g/mol. The first-order chi connectivity index (χ1) is 27.7. The van der Waals surface area contributed by atoms with Crippen molar-refractivity contribution >= 4 is 76.2 Å². The van der Waals surface area contributed by atoms with Crippen molar-refractivity contribution in [3.05, 3.63) is 128 Å². The van der Waals surface area contributed by atoms with Gasteiger partial charge in [-0.15, -0.1) is 22.7 Å². The number of nitrogens with zero attached hydrogens (tertiary/aromatic N) is 6. The van der Waals surface area contributed by atoms with Gasteiger partial charge < -0.3 is 9.80 Å². The third-order valence-corrected chi connectivity index (χ3v) is 15.8. The number of halogens is 4. The van der Waals surface area contributed by atoms with E-state index in [-0.39, 0.29) is 5.02 Å². The Morgan fingerprint density at radius 3 is 1.45 bits per heavy atom. The molecule has 8 rings (SSSR count). The molecule has 0 unspecified atom stereocenters. The van der Waals surface area contributed by atoms with Crippen molar-refractivity contribution < 1.29 is 25.6 Å². The van der Waals surface area contributed by atoms with Gasteiger partial charge in [-0.25, -0.2) is 35.6 Å². The van der Waals surface area contributed by atoms with E-state index in [9.17, 15) is 25.6 Å². The zero-order valence-electron chi connectivity index (χ0n) is 31.4. The third kappa shape index (κ3) is 9.55. The maximum absolute atomic E-state index is 13.6. The molecule has 4 heterocycles. The molecule has 0 N–H and O–H groups in total. The Morgan fingerprint density at radius 2 is 1.02 bits per heavy atom. The van der Waals surface area contributed by atoms with Gasteiger partial charge in [0.05, 0.1) is 26.2 Å². The van der Waals surface area contributed by atoms with Gasteiger partial charge >= 0.3 is 0 Å². The standard InChI is InChI=1S/2C20H19ClFN3O2S2/c1-14-2-5-16(6-3-14)29(26,27)25-10-8-24(9-11-25)20-23-19(13-28-20)15-4-7-18(22)17(21)12-15;1-14-2-4-18(5-3-14)29(26,27)25-8-6-24(7-9-25)20-23-19(13-28-20)15-10-16(21)12-17(22)11-15/h2-7,12-13H,8-11H2,1H3;2-5,10-13H,6-9H2,1H3. The quantitative estimate of drug-likeness (QED) is 0.149. The molecule has 2 fully saturated rings. The Kier molecular flexibility index (Phi) is 12.9. The van der Waals surface area contributed by atoms with Gasteiger partial charge in [0.1, 0.15) is 11.6 Å². The van der Waals surface area contributed by atoms with E-state index in [1.807, 2.05) is 36.7 Å². The normalized spacial score (nSPS) is 15.6. The Morgan fingerprint density at radius 1 is 0.569 bits per heavy atom. The van der Waals surface area contributed by atoms with Crippen LogP contribution in [0.15, 0.2) is 105 Å². The van der Waals surface area contributed by atoms with E-state index in [0.717, 1.165) is 32.6 Å². The lowest BCUT2D eigenvalue weighted by Gasteiger charge is -2.33. The molecule has 0 bridgehead atoms. The van der Waals surface area contributed by atoms with Gasteiger partial charge in [-0.05, 0) is 74.5 Å². The summed E-state index contributed by atoms with van der Waals surface area (Å²) in [4.78, 5) is 14.0. The highest BCUT2D eigenvalue weighted by molar-refractivity contribution is 7.89. The van der Waals surface area contributed by atoms with Gasteiger partial charge in [0, 0.05) is 79.3 Å². The second kappa shape index (κ2) is 17.7. The fraction of sp³-hybridized carbons (Fsp3) is 0.250. The fourth-order valence-electron chi connectivity index (χ4n) is 6.40. The molecular formula is C40H38Cl2F2N6O4S4. The molecule has 2 aromatic heterocycles. The van der Waals surface area contributed by atoms with E-state index in [1.165, 1.54) is 49.5 Å². The van der Waals surface area contributed by atoms with Crippen LogP contribution in [-0.2, 0) is 20.0 Å². The van der Waals surface area contributed by atoms with Gasteiger partial charge in [-0.1, -0.05) is 58.6 Å². The topological polar surface area (TPSA) is 107 Å². The highest BCUT2D eigenvalue weighted by Gasteiger charge is 2.31. The third-order valence-electron chi connectivity index (χ3n) is 9.69. The predicted molar refractivity (Wildman–Crippen MR) is 229 cm³/mol. The van der Waals surface area contributed by atoms with Crippen LogP contribution in [0.25, 0.3) is 22.5 Å². The minimum Gasteiger partial charge on any atom is -0.345 e. The number of sulfonamides is 2. The van der Waals surface area contributed by atoms with Gasteiger partial charge in [0.2, 0.25) is 20.0 Å². The summed E-state index contributed by atoms with van der Waals surface area (Å²) >= 11 is 14.7. The number of benzene rings is 4. The van der Waals surface area contributed by atoms with E-state index in [2.05, 4.69) is 19.8 Å². The van der Waals surface area contributed by atoms with Crippen molar-refractivity contribution in [2.45, 2.75) is 23.6 Å². The molecule has 0 saturated carbocycles. The molecule has 58 heavy (non-hydrogen) atoms. The summed E-state index contributed by atoms with van der Waals surface area (Å²) in [6.07, 6.45) is 0. The zero-order valence-corrected chi connectivity index (χ0v) is 36.1. The van der Waals surface area contributed by atoms with Crippen molar-refractivity contribution in [2.24, 2.45) is 0 Å². The number of hydrogen-bond donors (Lipinski definition) is 0. The van der Waals surface area contributed by atoms with Crippen LogP contribution < -0.4 is 9.80 Å². The Bertz CT molecular complexity index is 2590. The molecule has 0 atom stereocenters.